The first-order valence-corrected chi connectivity index (χ1v) is 7.11. The quantitative estimate of drug-likeness (QED) is 0.898. The highest BCUT2D eigenvalue weighted by molar-refractivity contribution is 7.99. The fourth-order valence-electron chi connectivity index (χ4n) is 1.88. The predicted octanol–water partition coefficient (Wildman–Crippen LogP) is 3.21. The van der Waals surface area contributed by atoms with Crippen LogP contribution < -0.4 is 10.6 Å². The van der Waals surface area contributed by atoms with Crippen molar-refractivity contribution in [2.75, 3.05) is 18.4 Å². The molecule has 0 saturated carbocycles. The Balaban J connectivity index is 1.81. The molecule has 0 aliphatic carbocycles. The Morgan fingerprint density at radius 3 is 2.58 bits per heavy atom. The highest BCUT2D eigenvalue weighted by Gasteiger charge is 2.08. The molecule has 1 heterocycles. The van der Waals surface area contributed by atoms with Crippen molar-refractivity contribution in [2.45, 2.75) is 9.79 Å². The fourth-order valence-corrected chi connectivity index (χ4v) is 2.81. The third kappa shape index (κ3) is 3.09. The molecule has 3 nitrogen and oxygen atoms in total. The van der Waals surface area contributed by atoms with Crippen LogP contribution in [0.4, 0.5) is 5.69 Å². The van der Waals surface area contributed by atoms with Gasteiger partial charge in [-0.3, -0.25) is 4.99 Å². The average Bonchev–Trinajstić information content (AvgIpc) is 2.95. The topological polar surface area (TPSA) is 36.4 Å². The third-order valence-corrected chi connectivity index (χ3v) is 3.87. The lowest BCUT2D eigenvalue weighted by Gasteiger charge is -2.11. The van der Waals surface area contributed by atoms with Gasteiger partial charge < -0.3 is 10.6 Å². The number of guanidine groups is 1. The van der Waals surface area contributed by atoms with Gasteiger partial charge in [-0.25, -0.2) is 0 Å². The van der Waals surface area contributed by atoms with Crippen molar-refractivity contribution in [3.05, 3.63) is 54.6 Å². The maximum Gasteiger partial charge on any atom is 0.195 e. The van der Waals surface area contributed by atoms with E-state index in [0.717, 1.165) is 24.7 Å². The van der Waals surface area contributed by atoms with Crippen molar-refractivity contribution in [1.29, 1.82) is 0 Å². The molecule has 0 amide bonds. The van der Waals surface area contributed by atoms with Gasteiger partial charge in [-0.2, -0.15) is 0 Å². The molecule has 0 radical (unpaired) electrons. The summed E-state index contributed by atoms with van der Waals surface area (Å²) >= 11 is 1.75. The van der Waals surface area contributed by atoms with Crippen molar-refractivity contribution in [2.24, 2.45) is 4.99 Å². The summed E-state index contributed by atoms with van der Waals surface area (Å²) in [5.74, 6) is 0.862. The van der Waals surface area contributed by atoms with E-state index in [-0.39, 0.29) is 0 Å². The van der Waals surface area contributed by atoms with Crippen LogP contribution in [0.1, 0.15) is 0 Å². The summed E-state index contributed by atoms with van der Waals surface area (Å²) in [5.41, 5.74) is 1.09. The van der Waals surface area contributed by atoms with Gasteiger partial charge in [0.2, 0.25) is 0 Å². The molecule has 4 heteroatoms. The van der Waals surface area contributed by atoms with Crippen LogP contribution in [-0.2, 0) is 0 Å². The summed E-state index contributed by atoms with van der Waals surface area (Å²) in [6, 6.07) is 18.7. The molecule has 19 heavy (non-hydrogen) atoms. The minimum Gasteiger partial charge on any atom is -0.354 e. The molecule has 2 N–H and O–H groups in total. The zero-order valence-electron chi connectivity index (χ0n) is 10.5. The molecular formula is C15H15N3S. The molecule has 0 fully saturated rings. The number of nitrogens with zero attached hydrogens (tertiary/aromatic N) is 1. The second-order valence-corrected chi connectivity index (χ2v) is 5.31. The van der Waals surface area contributed by atoms with Gasteiger partial charge in [0.1, 0.15) is 0 Å². The predicted molar refractivity (Wildman–Crippen MR) is 80.9 cm³/mol. The van der Waals surface area contributed by atoms with E-state index >= 15 is 0 Å². The number of rotatable bonds is 3. The molecule has 0 unspecified atom stereocenters. The monoisotopic (exact) mass is 269 g/mol. The highest BCUT2D eigenvalue weighted by Crippen LogP contribution is 2.33. The molecule has 3 rings (SSSR count). The van der Waals surface area contributed by atoms with Gasteiger partial charge in [-0.05, 0) is 24.3 Å². The summed E-state index contributed by atoms with van der Waals surface area (Å²) in [4.78, 5) is 6.80. The first-order chi connectivity index (χ1) is 9.42. The van der Waals surface area contributed by atoms with E-state index in [4.69, 9.17) is 0 Å². The number of benzene rings is 2. The number of hydrogen-bond donors (Lipinski definition) is 2. The molecule has 0 saturated heterocycles. The lowest BCUT2D eigenvalue weighted by atomic mass is 10.3. The van der Waals surface area contributed by atoms with E-state index < -0.39 is 0 Å². The normalized spacial score (nSPS) is 13.8. The van der Waals surface area contributed by atoms with Crippen LogP contribution in [-0.4, -0.2) is 19.0 Å². The Kier molecular flexibility index (Phi) is 3.70. The molecular weight excluding hydrogens is 254 g/mol. The summed E-state index contributed by atoms with van der Waals surface area (Å²) in [6.07, 6.45) is 0. The van der Waals surface area contributed by atoms with Gasteiger partial charge >= 0.3 is 0 Å². The molecule has 1 aliphatic heterocycles. The number of hydrogen-bond acceptors (Lipinski definition) is 4. The van der Waals surface area contributed by atoms with Crippen LogP contribution in [0.5, 0.6) is 0 Å². The van der Waals surface area contributed by atoms with Crippen LogP contribution in [0.15, 0.2) is 69.4 Å². The highest BCUT2D eigenvalue weighted by atomic mass is 32.2. The second kappa shape index (κ2) is 5.80. The van der Waals surface area contributed by atoms with Crippen molar-refractivity contribution in [3.8, 4) is 0 Å². The van der Waals surface area contributed by atoms with E-state index in [2.05, 4.69) is 58.1 Å². The summed E-state index contributed by atoms with van der Waals surface area (Å²) < 4.78 is 0. The lowest BCUT2D eigenvalue weighted by Crippen LogP contribution is -2.26. The smallest absolute Gasteiger partial charge is 0.195 e. The number of aliphatic imine (C=N–C) groups is 1. The van der Waals surface area contributed by atoms with Crippen LogP contribution >= 0.6 is 11.8 Å². The summed E-state index contributed by atoms with van der Waals surface area (Å²) in [5, 5.41) is 6.57. The van der Waals surface area contributed by atoms with Gasteiger partial charge in [-0.15, -0.1) is 0 Å². The fraction of sp³-hybridized carbons (Fsp3) is 0.133. The Hall–Kier alpha value is -1.94. The maximum atomic E-state index is 4.36. The number of anilines is 1. The molecule has 0 aromatic heterocycles. The molecule has 0 spiro atoms. The Bertz CT molecular complexity index is 581. The first kappa shape index (κ1) is 12.1. The summed E-state index contributed by atoms with van der Waals surface area (Å²) in [7, 11) is 0. The van der Waals surface area contributed by atoms with Gasteiger partial charge in [0.15, 0.2) is 5.96 Å². The van der Waals surface area contributed by atoms with Crippen molar-refractivity contribution in [1.82, 2.24) is 5.32 Å². The van der Waals surface area contributed by atoms with Gasteiger partial charge in [0.05, 0.1) is 12.2 Å². The molecule has 0 bridgehead atoms. The Morgan fingerprint density at radius 1 is 1.00 bits per heavy atom. The summed E-state index contributed by atoms with van der Waals surface area (Å²) in [6.45, 7) is 1.76. The minimum atomic E-state index is 0.844. The Labute approximate surface area is 117 Å². The van der Waals surface area contributed by atoms with Gasteiger partial charge in [0.25, 0.3) is 0 Å². The van der Waals surface area contributed by atoms with E-state index in [1.54, 1.807) is 11.8 Å². The van der Waals surface area contributed by atoms with Crippen LogP contribution in [0.2, 0.25) is 0 Å². The minimum absolute atomic E-state index is 0.844. The zero-order valence-corrected chi connectivity index (χ0v) is 11.3. The number of para-hydroxylation sites is 1. The molecule has 96 valence electrons. The first-order valence-electron chi connectivity index (χ1n) is 6.29. The van der Waals surface area contributed by atoms with E-state index in [1.165, 1.54) is 9.79 Å². The molecule has 0 atom stereocenters. The molecule has 2 aromatic carbocycles. The van der Waals surface area contributed by atoms with Crippen molar-refractivity contribution < 1.29 is 0 Å². The Morgan fingerprint density at radius 2 is 1.79 bits per heavy atom. The standard InChI is InChI=1S/C15H15N3S/c1-2-6-12(7-3-1)19-14-9-5-4-8-13(14)18-15-16-10-11-17-15/h1-9H,10-11H2,(H2,16,17,18). The largest absolute Gasteiger partial charge is 0.354 e. The van der Waals surface area contributed by atoms with Crippen LogP contribution in [0, 0.1) is 0 Å². The molecule has 1 aliphatic rings. The second-order valence-electron chi connectivity index (χ2n) is 4.19. The average molecular weight is 269 g/mol. The van der Waals surface area contributed by atoms with Gasteiger partial charge in [0, 0.05) is 16.3 Å². The maximum absolute atomic E-state index is 4.36. The van der Waals surface area contributed by atoms with Crippen molar-refractivity contribution >= 4 is 23.4 Å². The third-order valence-electron chi connectivity index (χ3n) is 2.79. The van der Waals surface area contributed by atoms with Crippen LogP contribution in [0.25, 0.3) is 0 Å². The van der Waals surface area contributed by atoms with Crippen LogP contribution in [0.3, 0.4) is 0 Å². The van der Waals surface area contributed by atoms with E-state index in [0.29, 0.717) is 0 Å². The van der Waals surface area contributed by atoms with E-state index in [1.807, 2.05) is 12.1 Å². The molecule has 2 aromatic rings. The zero-order chi connectivity index (χ0) is 12.9. The SMILES string of the molecule is c1ccc(Sc2ccccc2NC2=NCCN2)cc1. The number of nitrogens with one attached hydrogen (secondary N) is 2. The van der Waals surface area contributed by atoms with Gasteiger partial charge in [-0.1, -0.05) is 42.1 Å². The van der Waals surface area contributed by atoms with E-state index in [9.17, 15) is 0 Å². The lowest BCUT2D eigenvalue weighted by molar-refractivity contribution is 0.959. The van der Waals surface area contributed by atoms with Crippen molar-refractivity contribution in [3.63, 3.8) is 0 Å².